The van der Waals surface area contributed by atoms with Crippen LogP contribution in [0, 0.1) is 5.92 Å². The summed E-state index contributed by atoms with van der Waals surface area (Å²) in [6.07, 6.45) is 1.82. The SMILES string of the molecule is CC(C)CNC(=O)c1ccc(S(=O)(=O)N2CCCC2)cc1. The van der Waals surface area contributed by atoms with Gasteiger partial charge in [0.1, 0.15) is 0 Å². The number of hydrogen-bond acceptors (Lipinski definition) is 3. The van der Waals surface area contributed by atoms with E-state index < -0.39 is 10.0 Å². The van der Waals surface area contributed by atoms with Crippen LogP contribution in [0.1, 0.15) is 37.0 Å². The van der Waals surface area contributed by atoms with Crippen LogP contribution in [-0.2, 0) is 10.0 Å². The normalized spacial score (nSPS) is 16.3. The van der Waals surface area contributed by atoms with Crippen LogP contribution >= 0.6 is 0 Å². The van der Waals surface area contributed by atoms with Gasteiger partial charge in [0, 0.05) is 25.2 Å². The Kier molecular flexibility index (Phi) is 5.00. The van der Waals surface area contributed by atoms with Gasteiger partial charge >= 0.3 is 0 Å². The van der Waals surface area contributed by atoms with E-state index in [1.165, 1.54) is 16.4 Å². The molecule has 1 fully saturated rings. The zero-order valence-electron chi connectivity index (χ0n) is 12.5. The van der Waals surface area contributed by atoms with Gasteiger partial charge in [0.15, 0.2) is 0 Å². The maximum atomic E-state index is 12.4. The van der Waals surface area contributed by atoms with E-state index in [0.29, 0.717) is 31.1 Å². The molecule has 0 saturated carbocycles. The topological polar surface area (TPSA) is 66.5 Å². The standard InChI is InChI=1S/C15H22N2O3S/c1-12(2)11-16-15(18)13-5-7-14(8-6-13)21(19,20)17-9-3-4-10-17/h5-8,12H,3-4,9-11H2,1-2H3,(H,16,18). The monoisotopic (exact) mass is 310 g/mol. The molecule has 0 aliphatic carbocycles. The molecule has 5 nitrogen and oxygen atoms in total. The highest BCUT2D eigenvalue weighted by atomic mass is 32.2. The molecule has 1 amide bonds. The van der Waals surface area contributed by atoms with Gasteiger partial charge in [-0.3, -0.25) is 4.79 Å². The van der Waals surface area contributed by atoms with E-state index in [-0.39, 0.29) is 10.8 Å². The van der Waals surface area contributed by atoms with Crippen molar-refractivity contribution in [1.82, 2.24) is 9.62 Å². The van der Waals surface area contributed by atoms with E-state index in [1.54, 1.807) is 12.1 Å². The first-order valence-electron chi connectivity index (χ1n) is 7.29. The van der Waals surface area contributed by atoms with Crippen LogP contribution in [0.5, 0.6) is 0 Å². The van der Waals surface area contributed by atoms with Crippen LogP contribution in [0.4, 0.5) is 0 Å². The number of carbonyl (C=O) groups is 1. The average Bonchev–Trinajstić information content (AvgIpc) is 2.99. The van der Waals surface area contributed by atoms with Crippen LogP contribution in [0.25, 0.3) is 0 Å². The molecule has 116 valence electrons. The summed E-state index contributed by atoms with van der Waals surface area (Å²) in [5.74, 6) is 0.206. The van der Waals surface area contributed by atoms with Crippen molar-refractivity contribution in [3.8, 4) is 0 Å². The van der Waals surface area contributed by atoms with E-state index in [2.05, 4.69) is 5.32 Å². The van der Waals surface area contributed by atoms with Crippen molar-refractivity contribution in [3.05, 3.63) is 29.8 Å². The number of nitrogens with zero attached hydrogens (tertiary/aromatic N) is 1. The number of nitrogens with one attached hydrogen (secondary N) is 1. The third-order valence-electron chi connectivity index (χ3n) is 3.49. The molecule has 1 N–H and O–H groups in total. The van der Waals surface area contributed by atoms with E-state index in [0.717, 1.165) is 12.8 Å². The lowest BCUT2D eigenvalue weighted by Gasteiger charge is -2.15. The molecule has 21 heavy (non-hydrogen) atoms. The third kappa shape index (κ3) is 3.83. The molecule has 1 saturated heterocycles. The molecule has 1 aliphatic heterocycles. The number of carbonyl (C=O) groups excluding carboxylic acids is 1. The summed E-state index contributed by atoms with van der Waals surface area (Å²) < 4.78 is 26.2. The summed E-state index contributed by atoms with van der Waals surface area (Å²) in [6, 6.07) is 6.16. The Bertz CT molecular complexity index is 588. The van der Waals surface area contributed by atoms with Crippen molar-refractivity contribution in [2.75, 3.05) is 19.6 Å². The summed E-state index contributed by atoms with van der Waals surface area (Å²) in [5, 5.41) is 2.81. The van der Waals surface area contributed by atoms with Gasteiger partial charge < -0.3 is 5.32 Å². The van der Waals surface area contributed by atoms with Gasteiger partial charge in [-0.25, -0.2) is 8.42 Å². The lowest BCUT2D eigenvalue weighted by molar-refractivity contribution is 0.0949. The number of rotatable bonds is 5. The van der Waals surface area contributed by atoms with E-state index >= 15 is 0 Å². The smallest absolute Gasteiger partial charge is 0.251 e. The predicted octanol–water partition coefficient (Wildman–Crippen LogP) is 1.86. The van der Waals surface area contributed by atoms with Gasteiger partial charge in [0.25, 0.3) is 5.91 Å². The first-order valence-corrected chi connectivity index (χ1v) is 8.73. The Morgan fingerprint density at radius 2 is 1.76 bits per heavy atom. The van der Waals surface area contributed by atoms with Gasteiger partial charge in [0.05, 0.1) is 4.90 Å². The van der Waals surface area contributed by atoms with Gasteiger partial charge in [-0.15, -0.1) is 0 Å². The molecule has 0 unspecified atom stereocenters. The fraction of sp³-hybridized carbons (Fsp3) is 0.533. The minimum atomic E-state index is -3.41. The van der Waals surface area contributed by atoms with Crippen LogP contribution in [-0.4, -0.2) is 38.3 Å². The first-order chi connectivity index (χ1) is 9.91. The minimum absolute atomic E-state index is 0.172. The summed E-state index contributed by atoms with van der Waals surface area (Å²) in [5.41, 5.74) is 0.482. The van der Waals surface area contributed by atoms with Crippen molar-refractivity contribution < 1.29 is 13.2 Å². The van der Waals surface area contributed by atoms with Crippen LogP contribution in [0.3, 0.4) is 0 Å². The fourth-order valence-electron chi connectivity index (χ4n) is 2.25. The van der Waals surface area contributed by atoms with Gasteiger partial charge in [-0.05, 0) is 43.0 Å². The van der Waals surface area contributed by atoms with Crippen molar-refractivity contribution in [3.63, 3.8) is 0 Å². The molecule has 0 atom stereocenters. The Hall–Kier alpha value is -1.40. The lowest BCUT2D eigenvalue weighted by Crippen LogP contribution is -2.28. The van der Waals surface area contributed by atoms with Crippen molar-refractivity contribution >= 4 is 15.9 Å². The number of sulfonamides is 1. The number of amides is 1. The van der Waals surface area contributed by atoms with Gasteiger partial charge in [0.2, 0.25) is 10.0 Å². The second-order valence-electron chi connectivity index (χ2n) is 5.74. The summed E-state index contributed by atoms with van der Waals surface area (Å²) in [7, 11) is -3.41. The molecule has 6 heteroatoms. The lowest BCUT2D eigenvalue weighted by atomic mass is 10.2. The van der Waals surface area contributed by atoms with Crippen LogP contribution in [0.2, 0.25) is 0 Å². The third-order valence-corrected chi connectivity index (χ3v) is 5.40. The molecule has 1 aromatic rings. The Labute approximate surface area is 126 Å². The van der Waals surface area contributed by atoms with Crippen LogP contribution < -0.4 is 5.32 Å². The van der Waals surface area contributed by atoms with E-state index in [4.69, 9.17) is 0 Å². The Balaban J connectivity index is 2.09. The average molecular weight is 310 g/mol. The van der Waals surface area contributed by atoms with E-state index in [9.17, 15) is 13.2 Å². The maximum absolute atomic E-state index is 12.4. The molecule has 0 bridgehead atoms. The zero-order chi connectivity index (χ0) is 15.5. The molecular weight excluding hydrogens is 288 g/mol. The number of hydrogen-bond donors (Lipinski definition) is 1. The molecule has 1 heterocycles. The second kappa shape index (κ2) is 6.58. The molecule has 1 aliphatic rings. The zero-order valence-corrected chi connectivity index (χ0v) is 13.3. The quantitative estimate of drug-likeness (QED) is 0.902. The maximum Gasteiger partial charge on any atom is 0.251 e. The summed E-state index contributed by atoms with van der Waals surface area (Å²) >= 11 is 0. The van der Waals surface area contributed by atoms with E-state index in [1.807, 2.05) is 13.8 Å². The summed E-state index contributed by atoms with van der Waals surface area (Å²) in [6.45, 7) is 5.81. The van der Waals surface area contributed by atoms with Crippen molar-refractivity contribution in [2.24, 2.45) is 5.92 Å². The molecule has 2 rings (SSSR count). The molecule has 0 aromatic heterocycles. The largest absolute Gasteiger partial charge is 0.352 e. The van der Waals surface area contributed by atoms with Gasteiger partial charge in [-0.2, -0.15) is 4.31 Å². The first kappa shape index (κ1) is 16.0. The van der Waals surface area contributed by atoms with Gasteiger partial charge in [-0.1, -0.05) is 13.8 Å². The van der Waals surface area contributed by atoms with Crippen molar-refractivity contribution in [1.29, 1.82) is 0 Å². The molecule has 1 aromatic carbocycles. The number of benzene rings is 1. The highest BCUT2D eigenvalue weighted by Gasteiger charge is 2.27. The van der Waals surface area contributed by atoms with Crippen LogP contribution in [0.15, 0.2) is 29.2 Å². The summed E-state index contributed by atoms with van der Waals surface area (Å²) in [4.78, 5) is 12.1. The second-order valence-corrected chi connectivity index (χ2v) is 7.68. The fourth-order valence-corrected chi connectivity index (χ4v) is 3.77. The minimum Gasteiger partial charge on any atom is -0.352 e. The molecular formula is C15H22N2O3S. The Morgan fingerprint density at radius 1 is 1.19 bits per heavy atom. The predicted molar refractivity (Wildman–Crippen MR) is 81.6 cm³/mol. The van der Waals surface area contributed by atoms with Crippen molar-refractivity contribution in [2.45, 2.75) is 31.6 Å². The Morgan fingerprint density at radius 3 is 2.29 bits per heavy atom. The molecule has 0 radical (unpaired) electrons. The highest BCUT2D eigenvalue weighted by Crippen LogP contribution is 2.21. The highest BCUT2D eigenvalue weighted by molar-refractivity contribution is 7.89. The molecule has 0 spiro atoms.